The number of rotatable bonds is 5. The van der Waals surface area contributed by atoms with Crippen LogP contribution in [0, 0.1) is 12.7 Å². The standard InChI is InChI=1S/C21H25FN2O3/c1-15-4-6-17(13-20(15)27-3)21(25)24-10-8-23(9-11-24)14-16-5-7-19(26-2)18(22)12-16/h4-7,12-13H,8-11,14H2,1-3H3/p+1. The molecule has 27 heavy (non-hydrogen) atoms. The number of amides is 1. The Morgan fingerprint density at radius 1 is 1.07 bits per heavy atom. The van der Waals surface area contributed by atoms with Crippen molar-refractivity contribution in [3.63, 3.8) is 0 Å². The summed E-state index contributed by atoms with van der Waals surface area (Å²) in [5.74, 6) is 0.684. The molecule has 1 N–H and O–H groups in total. The number of quaternary nitrogens is 1. The number of hydrogen-bond donors (Lipinski definition) is 1. The van der Waals surface area contributed by atoms with Gasteiger partial charge in [-0.05, 0) is 42.8 Å². The third kappa shape index (κ3) is 4.39. The van der Waals surface area contributed by atoms with Crippen molar-refractivity contribution >= 4 is 5.91 Å². The summed E-state index contributed by atoms with van der Waals surface area (Å²) in [6.45, 7) is 5.73. The van der Waals surface area contributed by atoms with Crippen molar-refractivity contribution < 1.29 is 23.6 Å². The highest BCUT2D eigenvalue weighted by atomic mass is 19.1. The van der Waals surface area contributed by atoms with Crippen molar-refractivity contribution in [2.45, 2.75) is 13.5 Å². The minimum absolute atomic E-state index is 0.0304. The number of nitrogens with zero attached hydrogens (tertiary/aromatic N) is 1. The maximum absolute atomic E-state index is 13.9. The topological polar surface area (TPSA) is 43.2 Å². The van der Waals surface area contributed by atoms with Crippen molar-refractivity contribution in [2.75, 3.05) is 40.4 Å². The number of carbonyl (C=O) groups is 1. The number of methoxy groups -OCH3 is 2. The lowest BCUT2D eigenvalue weighted by Gasteiger charge is -2.32. The minimum atomic E-state index is -0.337. The number of ether oxygens (including phenoxy) is 2. The third-order valence-corrected chi connectivity index (χ3v) is 5.08. The van der Waals surface area contributed by atoms with Crippen LogP contribution in [0.4, 0.5) is 4.39 Å². The molecule has 1 aliphatic rings. The van der Waals surface area contributed by atoms with Gasteiger partial charge in [0.25, 0.3) is 5.91 Å². The monoisotopic (exact) mass is 373 g/mol. The molecule has 0 aromatic heterocycles. The number of aryl methyl sites for hydroxylation is 1. The maximum Gasteiger partial charge on any atom is 0.254 e. The number of nitrogens with one attached hydrogen (secondary N) is 1. The predicted octanol–water partition coefficient (Wildman–Crippen LogP) is 1.69. The van der Waals surface area contributed by atoms with Crippen LogP contribution in [-0.4, -0.2) is 51.2 Å². The molecule has 0 bridgehead atoms. The smallest absolute Gasteiger partial charge is 0.254 e. The molecule has 1 fully saturated rings. The summed E-state index contributed by atoms with van der Waals surface area (Å²) in [6.07, 6.45) is 0. The summed E-state index contributed by atoms with van der Waals surface area (Å²) < 4.78 is 24.1. The van der Waals surface area contributed by atoms with Gasteiger partial charge in [-0.15, -0.1) is 0 Å². The molecule has 144 valence electrons. The first-order valence-corrected chi connectivity index (χ1v) is 9.11. The van der Waals surface area contributed by atoms with Crippen LogP contribution in [0.3, 0.4) is 0 Å². The zero-order chi connectivity index (χ0) is 19.4. The lowest BCUT2D eigenvalue weighted by molar-refractivity contribution is -0.917. The molecule has 0 saturated carbocycles. The Morgan fingerprint density at radius 3 is 2.41 bits per heavy atom. The van der Waals surface area contributed by atoms with Gasteiger partial charge in [-0.2, -0.15) is 0 Å². The lowest BCUT2D eigenvalue weighted by Crippen LogP contribution is -3.13. The summed E-state index contributed by atoms with van der Waals surface area (Å²) in [5, 5.41) is 0. The fourth-order valence-corrected chi connectivity index (χ4v) is 3.45. The van der Waals surface area contributed by atoms with E-state index in [1.807, 2.05) is 30.0 Å². The summed E-state index contributed by atoms with van der Waals surface area (Å²) in [4.78, 5) is 16.0. The van der Waals surface area contributed by atoms with E-state index in [0.29, 0.717) is 18.7 Å². The second kappa shape index (κ2) is 8.39. The Balaban J connectivity index is 1.58. The molecule has 0 atom stereocenters. The van der Waals surface area contributed by atoms with Crippen LogP contribution in [0.1, 0.15) is 21.5 Å². The molecule has 2 aromatic rings. The molecule has 1 heterocycles. The average molecular weight is 373 g/mol. The van der Waals surface area contributed by atoms with E-state index >= 15 is 0 Å². The van der Waals surface area contributed by atoms with Gasteiger partial charge in [0.1, 0.15) is 12.3 Å². The summed E-state index contributed by atoms with van der Waals surface area (Å²) in [7, 11) is 3.07. The molecule has 3 rings (SSSR count). The SMILES string of the molecule is COc1cc(C(=O)N2CC[NH+](Cc3ccc(OC)c(F)c3)CC2)ccc1C. The highest BCUT2D eigenvalue weighted by Crippen LogP contribution is 2.20. The number of hydrogen-bond acceptors (Lipinski definition) is 3. The van der Waals surface area contributed by atoms with Gasteiger partial charge >= 0.3 is 0 Å². The van der Waals surface area contributed by atoms with Crippen LogP contribution in [0.15, 0.2) is 36.4 Å². The molecule has 0 spiro atoms. The molecule has 6 heteroatoms. The minimum Gasteiger partial charge on any atom is -0.496 e. The van der Waals surface area contributed by atoms with E-state index in [1.54, 1.807) is 19.2 Å². The number of piperazine rings is 1. The Morgan fingerprint density at radius 2 is 1.78 bits per heavy atom. The van der Waals surface area contributed by atoms with Gasteiger partial charge in [0.05, 0.1) is 40.4 Å². The molecule has 0 aliphatic carbocycles. The summed E-state index contributed by atoms with van der Waals surface area (Å²) >= 11 is 0. The highest BCUT2D eigenvalue weighted by Gasteiger charge is 2.25. The second-order valence-electron chi connectivity index (χ2n) is 6.87. The highest BCUT2D eigenvalue weighted by molar-refractivity contribution is 5.94. The third-order valence-electron chi connectivity index (χ3n) is 5.08. The fraction of sp³-hybridized carbons (Fsp3) is 0.381. The molecule has 0 radical (unpaired) electrons. The first-order chi connectivity index (χ1) is 13.0. The van der Waals surface area contributed by atoms with Crippen molar-refractivity contribution in [1.82, 2.24) is 4.90 Å². The van der Waals surface area contributed by atoms with Gasteiger partial charge in [0, 0.05) is 11.1 Å². The van der Waals surface area contributed by atoms with Gasteiger partial charge < -0.3 is 19.3 Å². The van der Waals surface area contributed by atoms with Crippen LogP contribution >= 0.6 is 0 Å². The number of carbonyl (C=O) groups excluding carboxylic acids is 1. The van der Waals surface area contributed by atoms with E-state index in [4.69, 9.17) is 9.47 Å². The first-order valence-electron chi connectivity index (χ1n) is 9.11. The van der Waals surface area contributed by atoms with Crippen molar-refractivity contribution in [3.05, 3.63) is 58.9 Å². The molecule has 5 nitrogen and oxygen atoms in total. The zero-order valence-electron chi connectivity index (χ0n) is 16.0. The summed E-state index contributed by atoms with van der Waals surface area (Å²) in [5.41, 5.74) is 2.60. The van der Waals surface area contributed by atoms with Gasteiger partial charge in [-0.3, -0.25) is 4.79 Å². The second-order valence-corrected chi connectivity index (χ2v) is 6.87. The van der Waals surface area contributed by atoms with Crippen molar-refractivity contribution in [1.29, 1.82) is 0 Å². The quantitative estimate of drug-likeness (QED) is 0.868. The van der Waals surface area contributed by atoms with E-state index in [1.165, 1.54) is 18.1 Å². The number of benzene rings is 2. The molecular weight excluding hydrogens is 347 g/mol. The van der Waals surface area contributed by atoms with Crippen LogP contribution in [0.25, 0.3) is 0 Å². The van der Waals surface area contributed by atoms with Gasteiger partial charge in [-0.1, -0.05) is 6.07 Å². The van der Waals surface area contributed by atoms with Gasteiger partial charge in [0.15, 0.2) is 11.6 Å². The molecule has 2 aromatic carbocycles. The normalized spacial score (nSPS) is 14.9. The van der Waals surface area contributed by atoms with Crippen LogP contribution < -0.4 is 14.4 Å². The zero-order valence-corrected chi connectivity index (χ0v) is 16.0. The van der Waals surface area contributed by atoms with Crippen molar-refractivity contribution in [3.8, 4) is 11.5 Å². The molecule has 1 aliphatic heterocycles. The Labute approximate surface area is 159 Å². The number of halogens is 1. The fourth-order valence-electron chi connectivity index (χ4n) is 3.45. The van der Waals surface area contributed by atoms with E-state index in [-0.39, 0.29) is 17.5 Å². The summed E-state index contributed by atoms with van der Waals surface area (Å²) in [6, 6.07) is 10.6. The Hall–Kier alpha value is -2.60. The van der Waals surface area contributed by atoms with E-state index < -0.39 is 0 Å². The van der Waals surface area contributed by atoms with Crippen LogP contribution in [0.2, 0.25) is 0 Å². The first kappa shape index (κ1) is 19.2. The Bertz CT molecular complexity index is 817. The van der Waals surface area contributed by atoms with E-state index in [9.17, 15) is 9.18 Å². The van der Waals surface area contributed by atoms with E-state index in [2.05, 4.69) is 0 Å². The largest absolute Gasteiger partial charge is 0.496 e. The van der Waals surface area contributed by atoms with Crippen LogP contribution in [0.5, 0.6) is 11.5 Å². The maximum atomic E-state index is 13.9. The molecule has 1 amide bonds. The van der Waals surface area contributed by atoms with Crippen LogP contribution in [-0.2, 0) is 6.54 Å². The lowest BCUT2D eigenvalue weighted by atomic mass is 10.1. The molecule has 0 unspecified atom stereocenters. The molecular formula is C21H26FN2O3+. The van der Waals surface area contributed by atoms with Gasteiger partial charge in [-0.25, -0.2) is 4.39 Å². The molecule has 1 saturated heterocycles. The van der Waals surface area contributed by atoms with Crippen molar-refractivity contribution in [2.24, 2.45) is 0 Å². The van der Waals surface area contributed by atoms with Gasteiger partial charge in [0.2, 0.25) is 0 Å². The predicted molar refractivity (Wildman–Crippen MR) is 101 cm³/mol. The Kier molecular flexibility index (Phi) is 5.96. The average Bonchev–Trinajstić information content (AvgIpc) is 2.68. The van der Waals surface area contributed by atoms with E-state index in [0.717, 1.165) is 36.5 Å².